The Kier molecular flexibility index (Phi) is 10.5. The molecule has 0 unspecified atom stereocenters. The number of methoxy groups -OCH3 is 1. The predicted molar refractivity (Wildman–Crippen MR) is 129 cm³/mol. The molecule has 9 nitrogen and oxygen atoms in total. The third-order valence-corrected chi connectivity index (χ3v) is 5.36. The molecule has 0 atom stereocenters. The summed E-state index contributed by atoms with van der Waals surface area (Å²) in [5, 5.41) is 2.61. The number of hydrogen-bond acceptors (Lipinski definition) is 6. The number of nitrogens with zero attached hydrogens (tertiary/aromatic N) is 2. The highest BCUT2D eigenvalue weighted by atomic mass is 16.6. The van der Waals surface area contributed by atoms with Gasteiger partial charge in [-0.2, -0.15) is 0 Å². The highest BCUT2D eigenvalue weighted by molar-refractivity contribution is 5.78. The van der Waals surface area contributed by atoms with Crippen molar-refractivity contribution in [2.24, 2.45) is 0 Å². The van der Waals surface area contributed by atoms with Gasteiger partial charge in [0.2, 0.25) is 11.8 Å². The molecular formula is C25H39N3O6. The van der Waals surface area contributed by atoms with Gasteiger partial charge in [-0.3, -0.25) is 9.59 Å². The average Bonchev–Trinajstić information content (AvgIpc) is 3.03. The van der Waals surface area contributed by atoms with Gasteiger partial charge in [0.1, 0.15) is 5.60 Å². The second kappa shape index (κ2) is 13.1. The molecule has 1 fully saturated rings. The fraction of sp³-hybridized carbons (Fsp3) is 0.640. The molecule has 1 aromatic carbocycles. The first kappa shape index (κ1) is 27.3. The van der Waals surface area contributed by atoms with Gasteiger partial charge in [0.15, 0.2) is 11.5 Å². The van der Waals surface area contributed by atoms with Crippen LogP contribution in [0.25, 0.3) is 0 Å². The highest BCUT2D eigenvalue weighted by Crippen LogP contribution is 2.28. The van der Waals surface area contributed by atoms with Gasteiger partial charge >= 0.3 is 6.09 Å². The SMILES string of the molecule is CCOc1ccc(CCC(=O)N2CCCN(C(=O)CCNC(=O)OC(C)(C)C)CC2)cc1OC. The summed E-state index contributed by atoms with van der Waals surface area (Å²) in [6.07, 6.45) is 1.40. The first-order valence-corrected chi connectivity index (χ1v) is 11.9. The molecule has 2 rings (SSSR count). The van der Waals surface area contributed by atoms with Crippen LogP contribution in [0.5, 0.6) is 11.5 Å². The Bertz CT molecular complexity index is 836. The van der Waals surface area contributed by atoms with Gasteiger partial charge in [0.25, 0.3) is 0 Å². The predicted octanol–water partition coefficient (Wildman–Crippen LogP) is 3.00. The molecule has 1 aliphatic rings. The Morgan fingerprint density at radius 1 is 0.971 bits per heavy atom. The average molecular weight is 478 g/mol. The van der Waals surface area contributed by atoms with Gasteiger partial charge in [0, 0.05) is 45.6 Å². The lowest BCUT2D eigenvalue weighted by molar-refractivity contribution is -0.133. The molecule has 34 heavy (non-hydrogen) atoms. The normalized spacial score (nSPS) is 14.3. The first-order chi connectivity index (χ1) is 16.1. The molecular weight excluding hydrogens is 438 g/mol. The summed E-state index contributed by atoms with van der Waals surface area (Å²) in [5.41, 5.74) is 0.436. The summed E-state index contributed by atoms with van der Waals surface area (Å²) < 4.78 is 16.1. The lowest BCUT2D eigenvalue weighted by Crippen LogP contribution is -2.39. The van der Waals surface area contributed by atoms with E-state index in [2.05, 4.69) is 5.32 Å². The Balaban J connectivity index is 1.77. The number of carbonyl (C=O) groups is 3. The van der Waals surface area contributed by atoms with Crippen molar-refractivity contribution >= 4 is 17.9 Å². The minimum Gasteiger partial charge on any atom is -0.493 e. The van der Waals surface area contributed by atoms with E-state index in [9.17, 15) is 14.4 Å². The van der Waals surface area contributed by atoms with Gasteiger partial charge in [0.05, 0.1) is 13.7 Å². The molecule has 1 aliphatic heterocycles. The van der Waals surface area contributed by atoms with Gasteiger partial charge in [-0.15, -0.1) is 0 Å². The van der Waals surface area contributed by atoms with Crippen LogP contribution < -0.4 is 14.8 Å². The molecule has 3 amide bonds. The van der Waals surface area contributed by atoms with Crippen LogP contribution in [0.2, 0.25) is 0 Å². The Morgan fingerprint density at radius 2 is 1.62 bits per heavy atom. The van der Waals surface area contributed by atoms with Crippen LogP contribution in [0, 0.1) is 0 Å². The number of carbonyl (C=O) groups excluding carboxylic acids is 3. The molecule has 190 valence electrons. The molecule has 0 aliphatic carbocycles. The van der Waals surface area contributed by atoms with Crippen molar-refractivity contribution in [2.45, 2.75) is 59.0 Å². The second-order valence-electron chi connectivity index (χ2n) is 9.21. The lowest BCUT2D eigenvalue weighted by Gasteiger charge is -2.23. The van der Waals surface area contributed by atoms with E-state index in [1.165, 1.54) is 0 Å². The first-order valence-electron chi connectivity index (χ1n) is 11.9. The molecule has 9 heteroatoms. The zero-order chi connectivity index (χ0) is 25.1. The molecule has 1 aromatic rings. The maximum Gasteiger partial charge on any atom is 0.407 e. The minimum absolute atomic E-state index is 0.0353. The summed E-state index contributed by atoms with van der Waals surface area (Å²) >= 11 is 0. The van der Waals surface area contributed by atoms with Crippen LogP contribution in [0.15, 0.2) is 18.2 Å². The van der Waals surface area contributed by atoms with E-state index < -0.39 is 11.7 Å². The Hall–Kier alpha value is -2.97. The number of amides is 3. The number of benzene rings is 1. The third kappa shape index (κ3) is 9.11. The van der Waals surface area contributed by atoms with Gasteiger partial charge in [-0.05, 0) is 58.2 Å². The van der Waals surface area contributed by atoms with Gasteiger partial charge in [-0.25, -0.2) is 4.79 Å². The number of rotatable bonds is 9. The zero-order valence-electron chi connectivity index (χ0n) is 21.1. The Morgan fingerprint density at radius 3 is 2.21 bits per heavy atom. The van der Waals surface area contributed by atoms with E-state index in [4.69, 9.17) is 14.2 Å². The Labute approximate surface area is 202 Å². The van der Waals surface area contributed by atoms with E-state index in [1.807, 2.05) is 30.0 Å². The van der Waals surface area contributed by atoms with Crippen molar-refractivity contribution in [1.29, 1.82) is 0 Å². The summed E-state index contributed by atoms with van der Waals surface area (Å²) in [6.45, 7) is 10.3. The third-order valence-electron chi connectivity index (χ3n) is 5.36. The molecule has 0 radical (unpaired) electrons. The van der Waals surface area contributed by atoms with Crippen LogP contribution >= 0.6 is 0 Å². The van der Waals surface area contributed by atoms with Crippen molar-refractivity contribution in [3.05, 3.63) is 23.8 Å². The van der Waals surface area contributed by atoms with Crippen LogP contribution in [0.3, 0.4) is 0 Å². The second-order valence-corrected chi connectivity index (χ2v) is 9.21. The number of aryl methyl sites for hydroxylation is 1. The number of alkyl carbamates (subject to hydrolysis) is 1. The van der Waals surface area contributed by atoms with Crippen molar-refractivity contribution in [2.75, 3.05) is 46.4 Å². The maximum atomic E-state index is 12.8. The van der Waals surface area contributed by atoms with Crippen LogP contribution in [-0.2, 0) is 20.7 Å². The quantitative estimate of drug-likeness (QED) is 0.587. The fourth-order valence-electron chi connectivity index (χ4n) is 3.71. The number of ether oxygens (including phenoxy) is 3. The van der Waals surface area contributed by atoms with E-state index in [-0.39, 0.29) is 24.8 Å². The summed E-state index contributed by atoms with van der Waals surface area (Å²) in [6, 6.07) is 5.73. The number of nitrogens with one attached hydrogen (secondary N) is 1. The summed E-state index contributed by atoms with van der Waals surface area (Å²) in [5.74, 6) is 1.40. The zero-order valence-corrected chi connectivity index (χ0v) is 21.1. The molecule has 0 spiro atoms. The van der Waals surface area contributed by atoms with Gasteiger partial charge in [-0.1, -0.05) is 6.07 Å². The molecule has 0 aromatic heterocycles. The highest BCUT2D eigenvalue weighted by Gasteiger charge is 2.22. The monoisotopic (exact) mass is 477 g/mol. The number of hydrogen-bond donors (Lipinski definition) is 1. The molecule has 0 bridgehead atoms. The van der Waals surface area contributed by atoms with Crippen molar-refractivity contribution in [3.63, 3.8) is 0 Å². The fourth-order valence-corrected chi connectivity index (χ4v) is 3.71. The topological polar surface area (TPSA) is 97.4 Å². The molecule has 0 saturated carbocycles. The van der Waals surface area contributed by atoms with Crippen molar-refractivity contribution < 1.29 is 28.6 Å². The van der Waals surface area contributed by atoms with Crippen LogP contribution in [0.4, 0.5) is 4.79 Å². The van der Waals surface area contributed by atoms with E-state index in [0.717, 1.165) is 12.0 Å². The lowest BCUT2D eigenvalue weighted by atomic mass is 10.1. The van der Waals surface area contributed by atoms with E-state index in [1.54, 1.807) is 32.8 Å². The largest absolute Gasteiger partial charge is 0.493 e. The van der Waals surface area contributed by atoms with Crippen LogP contribution in [0.1, 0.15) is 52.5 Å². The summed E-state index contributed by atoms with van der Waals surface area (Å²) in [4.78, 5) is 40.7. The molecule has 1 heterocycles. The standard InChI is InChI=1S/C25H39N3O6/c1-6-33-20-10-8-19(18-21(20)32-5)9-11-22(29)27-14-7-15-28(17-16-27)23(30)12-13-26-24(31)34-25(2,3)4/h8,10,18H,6-7,9,11-17H2,1-5H3,(H,26,31). The van der Waals surface area contributed by atoms with Crippen molar-refractivity contribution in [3.8, 4) is 11.5 Å². The smallest absolute Gasteiger partial charge is 0.407 e. The summed E-state index contributed by atoms with van der Waals surface area (Å²) in [7, 11) is 1.60. The molecule has 1 saturated heterocycles. The van der Waals surface area contributed by atoms with Crippen molar-refractivity contribution in [1.82, 2.24) is 15.1 Å². The van der Waals surface area contributed by atoms with E-state index >= 15 is 0 Å². The molecule has 1 N–H and O–H groups in total. The van der Waals surface area contributed by atoms with Crippen LogP contribution in [-0.4, -0.2) is 79.7 Å². The maximum absolute atomic E-state index is 12.8. The van der Waals surface area contributed by atoms with E-state index in [0.29, 0.717) is 57.1 Å². The van der Waals surface area contributed by atoms with Gasteiger partial charge < -0.3 is 29.3 Å². The minimum atomic E-state index is -0.576.